The Morgan fingerprint density at radius 1 is 1.29 bits per heavy atom. The minimum atomic E-state index is -5.04. The lowest BCUT2D eigenvalue weighted by Gasteiger charge is -2.21. The fourth-order valence-corrected chi connectivity index (χ4v) is 3.15. The predicted octanol–water partition coefficient (Wildman–Crippen LogP) is 4.28. The van der Waals surface area contributed by atoms with Crippen LogP contribution in [-0.2, 0) is 0 Å². The van der Waals surface area contributed by atoms with Crippen molar-refractivity contribution in [2.75, 3.05) is 0 Å². The third-order valence-corrected chi connectivity index (χ3v) is 4.60. The van der Waals surface area contributed by atoms with Crippen molar-refractivity contribution in [1.82, 2.24) is 9.55 Å². The minimum Gasteiger partial charge on any atom is -0.503 e. The number of aliphatic hydroxyl groups excluding tert-OH is 1. The van der Waals surface area contributed by atoms with Crippen molar-refractivity contribution in [3.8, 4) is 18.1 Å². The minimum absolute atomic E-state index is 0.0366. The molecule has 0 saturated heterocycles. The normalized spacial score (nSPS) is 13.8. The van der Waals surface area contributed by atoms with Gasteiger partial charge in [0.05, 0.1) is 23.1 Å². The summed E-state index contributed by atoms with van der Waals surface area (Å²) < 4.78 is 40.4. The summed E-state index contributed by atoms with van der Waals surface area (Å²) in [5.74, 6) is 1.45. The third-order valence-electron chi connectivity index (χ3n) is 4.60. The molecular weight excluding hydrogens is 409 g/mol. The van der Waals surface area contributed by atoms with E-state index >= 15 is 0 Å². The smallest absolute Gasteiger partial charge is 0.420 e. The molecule has 3 rings (SSSR count). The molecule has 5 nitrogen and oxygen atoms in total. The number of fused-ring (bicyclic) bond motifs is 1. The van der Waals surface area contributed by atoms with Crippen molar-refractivity contribution in [3.05, 3.63) is 82.4 Å². The lowest BCUT2D eigenvalue weighted by atomic mass is 10.0. The lowest BCUT2D eigenvalue weighted by Crippen LogP contribution is -2.25. The maximum absolute atomic E-state index is 13.2. The number of halogens is 3. The molecule has 0 saturated carbocycles. The quantitative estimate of drug-likeness (QED) is 0.483. The molecule has 0 spiro atoms. The van der Waals surface area contributed by atoms with Crippen molar-refractivity contribution in [3.63, 3.8) is 0 Å². The summed E-state index contributed by atoms with van der Waals surface area (Å²) in [4.78, 5) is 16.0. The number of hydrogen-bond acceptors (Lipinski definition) is 4. The number of aromatic hydroxyl groups is 1. The number of aliphatic hydroxyl groups is 1. The summed E-state index contributed by atoms with van der Waals surface area (Å²) in [5.41, 5.74) is 0.317. The number of allylic oxidation sites excluding steroid dienone is 4. The van der Waals surface area contributed by atoms with Gasteiger partial charge in [-0.3, -0.25) is 9.78 Å². The fraction of sp³-hybridized carbons (Fsp3) is 0.130. The Bertz CT molecular complexity index is 1290. The van der Waals surface area contributed by atoms with Gasteiger partial charge in [-0.25, -0.2) is 0 Å². The lowest BCUT2D eigenvalue weighted by molar-refractivity contribution is -0.208. The van der Waals surface area contributed by atoms with Crippen LogP contribution in [0.2, 0.25) is 0 Å². The first kappa shape index (κ1) is 21.9. The van der Waals surface area contributed by atoms with Crippen LogP contribution in [0.25, 0.3) is 22.2 Å². The zero-order chi connectivity index (χ0) is 22.8. The standard InChI is InChI=1S/C23H17F3N2O3/c1-3-6-15(11-14(2)16-7-4-9-18-17(16)8-5-10-27-18)28-13-21(30)20(29)12-19(28)22(31)23(24,25)26/h1,4-13,22,30-31H,2H3/b14-11+,15-6+. The Kier molecular flexibility index (Phi) is 5.99. The van der Waals surface area contributed by atoms with Gasteiger partial charge in [0, 0.05) is 23.7 Å². The molecule has 0 aliphatic carbocycles. The molecule has 1 atom stereocenters. The van der Waals surface area contributed by atoms with E-state index in [0.29, 0.717) is 11.6 Å². The Hall–Kier alpha value is -3.83. The average molecular weight is 426 g/mol. The summed E-state index contributed by atoms with van der Waals surface area (Å²) in [6.07, 6.45) is 2.47. The van der Waals surface area contributed by atoms with Crippen LogP contribution in [0.3, 0.4) is 0 Å². The van der Waals surface area contributed by atoms with Gasteiger partial charge in [-0.05, 0) is 36.3 Å². The van der Waals surface area contributed by atoms with Gasteiger partial charge in [0.2, 0.25) is 5.43 Å². The van der Waals surface area contributed by atoms with Gasteiger partial charge in [-0.1, -0.05) is 24.1 Å². The summed E-state index contributed by atoms with van der Waals surface area (Å²) in [6, 6.07) is 9.57. The number of terminal acetylenes is 1. The maximum Gasteiger partial charge on any atom is 0.420 e. The first-order valence-electron chi connectivity index (χ1n) is 9.03. The van der Waals surface area contributed by atoms with E-state index in [1.807, 2.05) is 18.2 Å². The van der Waals surface area contributed by atoms with Crippen molar-refractivity contribution >= 4 is 22.2 Å². The number of rotatable bonds is 4. The Balaban J connectivity index is 2.22. The van der Waals surface area contributed by atoms with Crippen LogP contribution < -0.4 is 5.43 Å². The van der Waals surface area contributed by atoms with E-state index < -0.39 is 29.2 Å². The number of benzene rings is 1. The van der Waals surface area contributed by atoms with Crippen molar-refractivity contribution in [2.24, 2.45) is 0 Å². The predicted molar refractivity (Wildman–Crippen MR) is 112 cm³/mol. The molecule has 0 aliphatic rings. The van der Waals surface area contributed by atoms with E-state index in [1.54, 1.807) is 25.3 Å². The van der Waals surface area contributed by atoms with E-state index in [2.05, 4.69) is 10.9 Å². The van der Waals surface area contributed by atoms with Crippen LogP contribution in [0.1, 0.15) is 24.3 Å². The molecule has 158 valence electrons. The zero-order valence-electron chi connectivity index (χ0n) is 16.3. The topological polar surface area (TPSA) is 75.3 Å². The highest BCUT2D eigenvalue weighted by molar-refractivity contribution is 5.93. The molecule has 0 bridgehead atoms. The zero-order valence-corrected chi connectivity index (χ0v) is 16.3. The second-order valence-corrected chi connectivity index (χ2v) is 6.70. The Morgan fingerprint density at radius 2 is 2.03 bits per heavy atom. The number of aromatic nitrogens is 2. The second-order valence-electron chi connectivity index (χ2n) is 6.70. The van der Waals surface area contributed by atoms with Gasteiger partial charge in [-0.2, -0.15) is 13.2 Å². The number of pyridine rings is 2. The van der Waals surface area contributed by atoms with Gasteiger partial charge in [0.1, 0.15) is 0 Å². The molecule has 1 unspecified atom stereocenters. The molecule has 3 aromatic rings. The van der Waals surface area contributed by atoms with E-state index in [0.717, 1.165) is 27.2 Å². The highest BCUT2D eigenvalue weighted by atomic mass is 19.4. The van der Waals surface area contributed by atoms with E-state index in [1.165, 1.54) is 12.2 Å². The van der Waals surface area contributed by atoms with Gasteiger partial charge < -0.3 is 14.8 Å². The molecule has 0 aliphatic heterocycles. The average Bonchev–Trinajstić information content (AvgIpc) is 2.73. The summed E-state index contributed by atoms with van der Waals surface area (Å²) in [7, 11) is 0. The number of nitrogens with zero attached hydrogens (tertiary/aromatic N) is 2. The fourth-order valence-electron chi connectivity index (χ4n) is 3.15. The Labute approximate surface area is 175 Å². The largest absolute Gasteiger partial charge is 0.503 e. The van der Waals surface area contributed by atoms with Crippen LogP contribution in [0.5, 0.6) is 5.75 Å². The van der Waals surface area contributed by atoms with Crippen molar-refractivity contribution in [1.29, 1.82) is 0 Å². The van der Waals surface area contributed by atoms with Gasteiger partial charge >= 0.3 is 6.18 Å². The molecular formula is C23H17F3N2O3. The van der Waals surface area contributed by atoms with E-state index in [-0.39, 0.29) is 5.70 Å². The first-order valence-corrected chi connectivity index (χ1v) is 9.03. The molecule has 0 amide bonds. The van der Waals surface area contributed by atoms with Crippen LogP contribution in [0.15, 0.2) is 65.7 Å². The highest BCUT2D eigenvalue weighted by Crippen LogP contribution is 2.34. The highest BCUT2D eigenvalue weighted by Gasteiger charge is 2.41. The van der Waals surface area contributed by atoms with Gasteiger partial charge in [0.15, 0.2) is 11.9 Å². The monoisotopic (exact) mass is 426 g/mol. The second kappa shape index (κ2) is 8.50. The summed E-state index contributed by atoms with van der Waals surface area (Å²) in [5, 5.41) is 20.4. The van der Waals surface area contributed by atoms with Crippen LogP contribution in [0.4, 0.5) is 13.2 Å². The number of alkyl halides is 3. The molecule has 8 heteroatoms. The molecule has 31 heavy (non-hydrogen) atoms. The SMILES string of the molecule is C#C/C=C(\C=C(/C)c1cccc2ncccc12)n1cc(O)c(=O)cc1C(O)C(F)(F)F. The summed E-state index contributed by atoms with van der Waals surface area (Å²) >= 11 is 0. The first-order chi connectivity index (χ1) is 14.6. The summed E-state index contributed by atoms with van der Waals surface area (Å²) in [6.45, 7) is 1.73. The number of hydrogen-bond donors (Lipinski definition) is 2. The molecule has 0 radical (unpaired) electrons. The van der Waals surface area contributed by atoms with Crippen molar-refractivity contribution in [2.45, 2.75) is 19.2 Å². The van der Waals surface area contributed by atoms with Crippen LogP contribution in [0, 0.1) is 12.3 Å². The van der Waals surface area contributed by atoms with E-state index in [4.69, 9.17) is 6.42 Å². The maximum atomic E-state index is 13.2. The molecule has 2 heterocycles. The van der Waals surface area contributed by atoms with Gasteiger partial charge in [0.25, 0.3) is 0 Å². The van der Waals surface area contributed by atoms with Gasteiger partial charge in [-0.15, -0.1) is 6.42 Å². The van der Waals surface area contributed by atoms with Crippen molar-refractivity contribution < 1.29 is 23.4 Å². The molecule has 0 fully saturated rings. The van der Waals surface area contributed by atoms with Crippen LogP contribution >= 0.6 is 0 Å². The molecule has 2 aromatic heterocycles. The third kappa shape index (κ3) is 4.52. The van der Waals surface area contributed by atoms with Crippen LogP contribution in [-0.4, -0.2) is 25.9 Å². The molecule has 2 N–H and O–H groups in total. The molecule has 1 aromatic carbocycles. The Morgan fingerprint density at radius 3 is 2.71 bits per heavy atom. The van der Waals surface area contributed by atoms with E-state index in [9.17, 15) is 28.2 Å².